The van der Waals surface area contributed by atoms with E-state index in [9.17, 15) is 9.18 Å². The zero-order chi connectivity index (χ0) is 23.5. The first-order valence-electron chi connectivity index (χ1n) is 10.6. The van der Waals surface area contributed by atoms with Crippen molar-refractivity contribution < 1.29 is 13.6 Å². The molecule has 2 heterocycles. The van der Waals surface area contributed by atoms with Gasteiger partial charge in [-0.25, -0.2) is 18.7 Å². The Morgan fingerprint density at radius 1 is 1.15 bits per heavy atom. The minimum Gasteiger partial charge on any atom is -0.352 e. The van der Waals surface area contributed by atoms with Crippen molar-refractivity contribution in [3.05, 3.63) is 65.5 Å². The van der Waals surface area contributed by atoms with Gasteiger partial charge in [-0.2, -0.15) is 0 Å². The molecule has 1 fully saturated rings. The van der Waals surface area contributed by atoms with Crippen molar-refractivity contribution in [1.82, 2.24) is 19.8 Å². The molecule has 1 aromatic heterocycles. The third-order valence-electron chi connectivity index (χ3n) is 5.57. The molecule has 1 aliphatic rings. The van der Waals surface area contributed by atoms with Crippen LogP contribution >= 0.6 is 11.6 Å². The number of anilines is 1. The molecular weight excluding hydrogens is 448 g/mol. The fraction of sp³-hybridized carbons (Fsp3) is 0.292. The molecule has 0 spiro atoms. The normalized spacial score (nSPS) is 14.6. The molecule has 0 radical (unpaired) electrons. The maximum atomic E-state index is 15.5. The van der Waals surface area contributed by atoms with Crippen LogP contribution in [0.15, 0.2) is 48.8 Å². The lowest BCUT2D eigenvalue weighted by atomic mass is 10.0. The van der Waals surface area contributed by atoms with Crippen LogP contribution in [0, 0.1) is 11.6 Å². The SMILES string of the molecule is CN(C)CC=CC(=O)N1CCN(c2ncnc3c(F)c(-c4ccccc4F)c(Cl)cc23)CC1. The predicted molar refractivity (Wildman–Crippen MR) is 126 cm³/mol. The number of likely N-dealkylation sites (N-methyl/N-ethyl adjacent to an activating group) is 1. The smallest absolute Gasteiger partial charge is 0.246 e. The predicted octanol–water partition coefficient (Wildman–Crippen LogP) is 3.99. The van der Waals surface area contributed by atoms with Crippen LogP contribution < -0.4 is 4.90 Å². The van der Waals surface area contributed by atoms with E-state index in [1.54, 1.807) is 23.1 Å². The van der Waals surface area contributed by atoms with E-state index in [1.807, 2.05) is 30.0 Å². The van der Waals surface area contributed by atoms with E-state index < -0.39 is 11.6 Å². The van der Waals surface area contributed by atoms with Crippen LogP contribution in [0.25, 0.3) is 22.0 Å². The van der Waals surface area contributed by atoms with Gasteiger partial charge in [0.1, 0.15) is 23.5 Å². The van der Waals surface area contributed by atoms with Crippen LogP contribution in [-0.2, 0) is 4.79 Å². The van der Waals surface area contributed by atoms with Gasteiger partial charge >= 0.3 is 0 Å². The standard InChI is InChI=1S/C24H24ClF2N5O/c1-30(2)9-5-8-20(33)31-10-12-32(13-11-31)24-17-14-18(25)21(16-6-3-4-7-19(16)26)22(27)23(17)28-15-29-24/h3-8,14-15H,9-13H2,1-2H3. The number of benzene rings is 2. The number of fused-ring (bicyclic) bond motifs is 1. The van der Waals surface area contributed by atoms with Gasteiger partial charge in [0.05, 0.1) is 5.02 Å². The van der Waals surface area contributed by atoms with Gasteiger partial charge in [-0.1, -0.05) is 35.9 Å². The van der Waals surface area contributed by atoms with Crippen LogP contribution in [0.1, 0.15) is 0 Å². The molecule has 2 aromatic carbocycles. The molecule has 0 N–H and O–H groups in total. The Hall–Kier alpha value is -3.10. The number of rotatable bonds is 5. The number of piperazine rings is 1. The van der Waals surface area contributed by atoms with E-state index in [4.69, 9.17) is 11.6 Å². The van der Waals surface area contributed by atoms with Crippen molar-refractivity contribution in [2.24, 2.45) is 0 Å². The number of hydrogen-bond acceptors (Lipinski definition) is 5. The van der Waals surface area contributed by atoms with Crippen molar-refractivity contribution in [3.63, 3.8) is 0 Å². The summed E-state index contributed by atoms with van der Waals surface area (Å²) < 4.78 is 29.8. The molecule has 0 aliphatic carbocycles. The molecule has 1 saturated heterocycles. The van der Waals surface area contributed by atoms with Gasteiger partial charge in [-0.05, 0) is 26.2 Å². The second kappa shape index (κ2) is 9.80. The zero-order valence-corrected chi connectivity index (χ0v) is 19.2. The zero-order valence-electron chi connectivity index (χ0n) is 18.4. The fourth-order valence-electron chi connectivity index (χ4n) is 3.89. The lowest BCUT2D eigenvalue weighted by molar-refractivity contribution is -0.126. The van der Waals surface area contributed by atoms with Gasteiger partial charge < -0.3 is 14.7 Å². The highest BCUT2D eigenvalue weighted by atomic mass is 35.5. The van der Waals surface area contributed by atoms with Gasteiger partial charge in [-0.15, -0.1) is 0 Å². The number of carbonyl (C=O) groups is 1. The number of carbonyl (C=O) groups excluding carboxylic acids is 1. The molecule has 1 aliphatic heterocycles. The Kier molecular flexibility index (Phi) is 6.85. The summed E-state index contributed by atoms with van der Waals surface area (Å²) in [5.74, 6) is -0.748. The van der Waals surface area contributed by atoms with Crippen LogP contribution in [0.2, 0.25) is 5.02 Å². The highest BCUT2D eigenvalue weighted by Crippen LogP contribution is 2.38. The Morgan fingerprint density at radius 3 is 2.58 bits per heavy atom. The van der Waals surface area contributed by atoms with Crippen molar-refractivity contribution >= 4 is 34.2 Å². The Bertz CT molecular complexity index is 1210. The summed E-state index contributed by atoms with van der Waals surface area (Å²) in [6.07, 6.45) is 4.72. The highest BCUT2D eigenvalue weighted by Gasteiger charge is 2.25. The van der Waals surface area contributed by atoms with E-state index in [2.05, 4.69) is 9.97 Å². The minimum atomic E-state index is -0.689. The summed E-state index contributed by atoms with van der Waals surface area (Å²) in [6, 6.07) is 7.49. The molecule has 1 amide bonds. The molecule has 4 rings (SSSR count). The topological polar surface area (TPSA) is 52.6 Å². The van der Waals surface area contributed by atoms with E-state index in [0.717, 1.165) is 0 Å². The number of amides is 1. The van der Waals surface area contributed by atoms with Crippen LogP contribution in [0.5, 0.6) is 0 Å². The molecule has 0 atom stereocenters. The first kappa shape index (κ1) is 23.1. The maximum Gasteiger partial charge on any atom is 0.246 e. The van der Waals surface area contributed by atoms with Gasteiger partial charge in [0.25, 0.3) is 0 Å². The van der Waals surface area contributed by atoms with Crippen LogP contribution in [-0.4, -0.2) is 72.5 Å². The number of nitrogens with zero attached hydrogens (tertiary/aromatic N) is 5. The second-order valence-electron chi connectivity index (χ2n) is 8.10. The maximum absolute atomic E-state index is 15.5. The average Bonchev–Trinajstić information content (AvgIpc) is 2.80. The fourth-order valence-corrected chi connectivity index (χ4v) is 4.18. The highest BCUT2D eigenvalue weighted by molar-refractivity contribution is 6.34. The van der Waals surface area contributed by atoms with E-state index >= 15 is 4.39 Å². The van der Waals surface area contributed by atoms with Crippen molar-refractivity contribution in [2.45, 2.75) is 0 Å². The summed E-state index contributed by atoms with van der Waals surface area (Å²) in [7, 11) is 3.88. The van der Waals surface area contributed by atoms with E-state index in [-0.39, 0.29) is 27.6 Å². The third kappa shape index (κ3) is 4.82. The second-order valence-corrected chi connectivity index (χ2v) is 8.50. The number of hydrogen-bond donors (Lipinski definition) is 0. The first-order valence-corrected chi connectivity index (χ1v) is 11.0. The molecule has 172 valence electrons. The summed E-state index contributed by atoms with van der Waals surface area (Å²) in [5.41, 5.74) is 0.135. The largest absolute Gasteiger partial charge is 0.352 e. The summed E-state index contributed by atoms with van der Waals surface area (Å²) in [6.45, 7) is 2.79. The first-order chi connectivity index (χ1) is 15.9. The van der Waals surface area contributed by atoms with E-state index in [0.29, 0.717) is 43.9 Å². The van der Waals surface area contributed by atoms with Crippen LogP contribution in [0.3, 0.4) is 0 Å². The Morgan fingerprint density at radius 2 is 1.88 bits per heavy atom. The van der Waals surface area contributed by atoms with Crippen molar-refractivity contribution in [2.75, 3.05) is 51.7 Å². The van der Waals surface area contributed by atoms with E-state index in [1.165, 1.54) is 24.5 Å². The molecule has 6 nitrogen and oxygen atoms in total. The van der Waals surface area contributed by atoms with Gasteiger partial charge in [0, 0.05) is 55.3 Å². The molecule has 0 bridgehead atoms. The molecule has 3 aromatic rings. The third-order valence-corrected chi connectivity index (χ3v) is 5.86. The Labute approximate surface area is 196 Å². The Balaban J connectivity index is 1.60. The monoisotopic (exact) mass is 471 g/mol. The summed E-state index contributed by atoms with van der Waals surface area (Å²) in [4.78, 5) is 26.6. The van der Waals surface area contributed by atoms with Crippen molar-refractivity contribution in [1.29, 1.82) is 0 Å². The average molecular weight is 472 g/mol. The number of halogens is 3. The molecule has 0 saturated carbocycles. The van der Waals surface area contributed by atoms with Gasteiger partial charge in [0.15, 0.2) is 5.82 Å². The quantitative estimate of drug-likeness (QED) is 0.527. The number of aromatic nitrogens is 2. The molecule has 9 heteroatoms. The lowest BCUT2D eigenvalue weighted by Gasteiger charge is -2.35. The van der Waals surface area contributed by atoms with Crippen LogP contribution in [0.4, 0.5) is 14.6 Å². The lowest BCUT2D eigenvalue weighted by Crippen LogP contribution is -2.48. The molecule has 33 heavy (non-hydrogen) atoms. The molecule has 0 unspecified atom stereocenters. The van der Waals surface area contributed by atoms with Gasteiger partial charge in [0.2, 0.25) is 5.91 Å². The van der Waals surface area contributed by atoms with Gasteiger partial charge in [-0.3, -0.25) is 4.79 Å². The minimum absolute atomic E-state index is 0.0214. The molecular formula is C24H24ClF2N5O. The summed E-state index contributed by atoms with van der Waals surface area (Å²) >= 11 is 6.42. The summed E-state index contributed by atoms with van der Waals surface area (Å²) in [5, 5.41) is 0.534. The van der Waals surface area contributed by atoms with Crippen molar-refractivity contribution in [3.8, 4) is 11.1 Å².